The molecule has 0 amide bonds. The summed E-state index contributed by atoms with van der Waals surface area (Å²) in [6.07, 6.45) is -2.25. The van der Waals surface area contributed by atoms with Gasteiger partial charge in [-0.15, -0.1) is 0 Å². The van der Waals surface area contributed by atoms with Crippen molar-refractivity contribution in [3.8, 4) is 28.7 Å². The van der Waals surface area contributed by atoms with Gasteiger partial charge in [0.1, 0.15) is 29.1 Å². The van der Waals surface area contributed by atoms with Gasteiger partial charge in [-0.2, -0.15) is 0 Å². The van der Waals surface area contributed by atoms with Gasteiger partial charge in [0.05, 0.1) is 6.10 Å². The number of phenols is 4. The number of rotatable bonds is 3. The molecule has 2 aliphatic heterocycles. The van der Waals surface area contributed by atoms with Crippen molar-refractivity contribution in [1.29, 1.82) is 0 Å². The van der Waals surface area contributed by atoms with Crippen molar-refractivity contribution in [3.63, 3.8) is 0 Å². The maximum atomic E-state index is 11.5. The van der Waals surface area contributed by atoms with Crippen molar-refractivity contribution < 1.29 is 44.9 Å². The van der Waals surface area contributed by atoms with Crippen LogP contribution in [0.1, 0.15) is 22.8 Å². The molecule has 2 aromatic carbocycles. The first-order valence-electron chi connectivity index (χ1n) is 8.77. The molecule has 2 aliphatic rings. The Morgan fingerprint density at radius 3 is 2.38 bits per heavy atom. The van der Waals surface area contributed by atoms with Crippen molar-refractivity contribution in [2.75, 3.05) is 6.61 Å². The number of allylic oxidation sites excluding steroid dienone is 1. The van der Waals surface area contributed by atoms with Gasteiger partial charge < -0.3 is 40.1 Å². The number of Topliss-reactive ketones (excluding diaryl/α,β-unsaturated/α-hetero) is 1. The van der Waals surface area contributed by atoms with Crippen molar-refractivity contribution in [2.45, 2.75) is 25.0 Å². The molecular formula is C20H18O9. The van der Waals surface area contributed by atoms with E-state index in [2.05, 4.69) is 0 Å². The highest BCUT2D eigenvalue weighted by molar-refractivity contribution is 5.96. The molecule has 0 aliphatic carbocycles. The third-order valence-corrected chi connectivity index (χ3v) is 5.02. The molecule has 152 valence electrons. The Kier molecular flexibility index (Phi) is 4.39. The minimum Gasteiger partial charge on any atom is -0.507 e. The number of carbonyl (C=O) groups is 1. The molecule has 2 heterocycles. The molecule has 0 saturated heterocycles. The second-order valence-electron chi connectivity index (χ2n) is 6.92. The second kappa shape index (κ2) is 6.78. The summed E-state index contributed by atoms with van der Waals surface area (Å²) >= 11 is 0. The molecule has 0 spiro atoms. The van der Waals surface area contributed by atoms with Gasteiger partial charge in [0, 0.05) is 30.0 Å². The number of hydrogen-bond acceptors (Lipinski definition) is 9. The lowest BCUT2D eigenvalue weighted by atomic mass is 9.91. The highest BCUT2D eigenvalue weighted by Gasteiger charge is 2.36. The highest BCUT2D eigenvalue weighted by atomic mass is 16.5. The number of benzene rings is 2. The lowest BCUT2D eigenvalue weighted by molar-refractivity contribution is -0.118. The molecule has 0 bridgehead atoms. The largest absolute Gasteiger partial charge is 0.507 e. The molecule has 0 radical (unpaired) electrons. The van der Waals surface area contributed by atoms with Gasteiger partial charge in [0.2, 0.25) is 11.5 Å². The molecule has 0 aromatic heterocycles. The molecule has 29 heavy (non-hydrogen) atoms. The maximum Gasteiger partial charge on any atom is 0.237 e. The fourth-order valence-electron chi connectivity index (χ4n) is 3.50. The maximum absolute atomic E-state index is 11.5. The van der Waals surface area contributed by atoms with E-state index in [4.69, 9.17) is 9.47 Å². The van der Waals surface area contributed by atoms with Gasteiger partial charge >= 0.3 is 0 Å². The second-order valence-corrected chi connectivity index (χ2v) is 6.92. The molecule has 0 fully saturated rings. The van der Waals surface area contributed by atoms with E-state index in [-0.39, 0.29) is 59.3 Å². The van der Waals surface area contributed by atoms with Crippen molar-refractivity contribution in [3.05, 3.63) is 52.5 Å². The van der Waals surface area contributed by atoms with Crippen LogP contribution < -0.4 is 4.74 Å². The molecule has 4 rings (SSSR count). The van der Waals surface area contributed by atoms with Crippen molar-refractivity contribution in [2.24, 2.45) is 0 Å². The quantitative estimate of drug-likeness (QED) is 0.418. The number of ketones is 1. The monoisotopic (exact) mass is 402 g/mol. The number of phenolic OH excluding ortho intramolecular Hbond substituents is 4. The number of carbonyl (C=O) groups excluding carboxylic acids is 1. The van der Waals surface area contributed by atoms with Crippen LogP contribution in [-0.4, -0.2) is 49.1 Å². The zero-order valence-corrected chi connectivity index (χ0v) is 15.0. The van der Waals surface area contributed by atoms with E-state index in [0.717, 1.165) is 6.07 Å². The van der Waals surface area contributed by atoms with Crippen molar-refractivity contribution in [1.82, 2.24) is 0 Å². The summed E-state index contributed by atoms with van der Waals surface area (Å²) in [7, 11) is 0. The number of aliphatic hydroxyl groups is 2. The van der Waals surface area contributed by atoms with Gasteiger partial charge in [-0.3, -0.25) is 4.79 Å². The van der Waals surface area contributed by atoms with Crippen molar-refractivity contribution >= 4 is 5.78 Å². The zero-order valence-electron chi connectivity index (χ0n) is 15.0. The fourth-order valence-corrected chi connectivity index (χ4v) is 3.50. The molecular weight excluding hydrogens is 384 g/mol. The van der Waals surface area contributed by atoms with Crippen LogP contribution in [0.2, 0.25) is 0 Å². The number of aromatic hydroxyl groups is 4. The van der Waals surface area contributed by atoms with Crippen LogP contribution in [0.25, 0.3) is 0 Å². The summed E-state index contributed by atoms with van der Waals surface area (Å²) in [4.78, 5) is 11.5. The molecule has 0 saturated carbocycles. The van der Waals surface area contributed by atoms with Crippen LogP contribution in [0.5, 0.6) is 28.7 Å². The third kappa shape index (κ3) is 3.15. The Hall–Kier alpha value is -3.59. The highest BCUT2D eigenvalue weighted by Crippen LogP contribution is 2.47. The fraction of sp³-hybridized carbons (Fsp3) is 0.250. The minimum absolute atomic E-state index is 0.0223. The Balaban J connectivity index is 1.77. The Bertz CT molecular complexity index is 1040. The first kappa shape index (κ1) is 18.8. The van der Waals surface area contributed by atoms with E-state index >= 15 is 0 Å². The topological polar surface area (TPSA) is 157 Å². The molecule has 6 N–H and O–H groups in total. The number of ether oxygens (including phenoxy) is 2. The molecule has 2 aromatic rings. The van der Waals surface area contributed by atoms with E-state index in [1.807, 2.05) is 0 Å². The normalized spacial score (nSPS) is 20.9. The SMILES string of the molecule is O=C1COC(Cc2c(O)cc(O)c3c2O[C@H](c2ccc(O)c(O)c2)[C@@H](O)C3)=C1O. The summed E-state index contributed by atoms with van der Waals surface area (Å²) in [6, 6.07) is 5.04. The Morgan fingerprint density at radius 2 is 1.72 bits per heavy atom. The number of hydrogen-bond donors (Lipinski definition) is 6. The Labute approximate surface area is 164 Å². The van der Waals surface area contributed by atoms with Crippen LogP contribution in [-0.2, 0) is 22.4 Å². The van der Waals surface area contributed by atoms with E-state index in [1.54, 1.807) is 0 Å². The molecule has 9 nitrogen and oxygen atoms in total. The summed E-state index contributed by atoms with van der Waals surface area (Å²) in [5, 5.41) is 60.1. The van der Waals surface area contributed by atoms with E-state index in [0.29, 0.717) is 5.56 Å². The third-order valence-electron chi connectivity index (χ3n) is 5.02. The van der Waals surface area contributed by atoms with Crippen LogP contribution >= 0.6 is 0 Å². The average molecular weight is 402 g/mol. The van der Waals surface area contributed by atoms with E-state index in [1.165, 1.54) is 18.2 Å². The van der Waals surface area contributed by atoms with Crippen LogP contribution in [0.4, 0.5) is 0 Å². The summed E-state index contributed by atoms with van der Waals surface area (Å²) in [6.45, 7) is -0.308. The lowest BCUT2D eigenvalue weighted by Gasteiger charge is -2.33. The smallest absolute Gasteiger partial charge is 0.237 e. The molecule has 2 atom stereocenters. The lowest BCUT2D eigenvalue weighted by Crippen LogP contribution is -2.31. The van der Waals surface area contributed by atoms with Gasteiger partial charge in [0.15, 0.2) is 18.1 Å². The van der Waals surface area contributed by atoms with Gasteiger partial charge in [-0.1, -0.05) is 6.07 Å². The van der Waals surface area contributed by atoms with Gasteiger partial charge in [-0.25, -0.2) is 0 Å². The van der Waals surface area contributed by atoms with Crippen LogP contribution in [0.3, 0.4) is 0 Å². The first-order chi connectivity index (χ1) is 13.8. The van der Waals surface area contributed by atoms with Gasteiger partial charge in [-0.05, 0) is 17.7 Å². The first-order valence-corrected chi connectivity index (χ1v) is 8.77. The molecule has 9 heteroatoms. The predicted molar refractivity (Wildman–Crippen MR) is 96.9 cm³/mol. The van der Waals surface area contributed by atoms with E-state index in [9.17, 15) is 35.4 Å². The molecule has 0 unspecified atom stereocenters. The number of fused-ring (bicyclic) bond motifs is 1. The predicted octanol–water partition coefficient (Wildman–Crippen LogP) is 1.46. The minimum atomic E-state index is -1.09. The summed E-state index contributed by atoms with van der Waals surface area (Å²) in [5.41, 5.74) is 0.768. The summed E-state index contributed by atoms with van der Waals surface area (Å²) in [5.74, 6) is -2.43. The number of aliphatic hydroxyl groups excluding tert-OH is 2. The van der Waals surface area contributed by atoms with Crippen LogP contribution in [0.15, 0.2) is 35.8 Å². The Morgan fingerprint density at radius 1 is 0.966 bits per heavy atom. The van der Waals surface area contributed by atoms with Gasteiger partial charge in [0.25, 0.3) is 0 Å². The zero-order chi connectivity index (χ0) is 20.9. The van der Waals surface area contributed by atoms with Crippen LogP contribution in [0, 0.1) is 0 Å². The van der Waals surface area contributed by atoms with E-state index < -0.39 is 29.5 Å². The standard InChI is InChI=1S/C20H18O9/c21-11-2-1-8(3-14(11)24)19-15(25)4-9-12(22)6-13(23)10(20(9)29-19)5-17-18(27)16(26)7-28-17/h1-3,6,15,19,21-25,27H,4-5,7H2/t15-,19+/m0/s1. The average Bonchev–Trinajstić information content (AvgIpc) is 2.99. The summed E-state index contributed by atoms with van der Waals surface area (Å²) < 4.78 is 11.0.